The molecule has 1 fully saturated rings. The molecular formula is C10H17NO2. The van der Waals surface area contributed by atoms with Gasteiger partial charge in [-0.2, -0.15) is 0 Å². The largest absolute Gasteiger partial charge is 0.411 e. The number of aliphatic hydroxyl groups excluding tert-OH is 1. The van der Waals surface area contributed by atoms with Crippen LogP contribution in [-0.2, 0) is 0 Å². The van der Waals surface area contributed by atoms with Crippen LogP contribution in [-0.4, -0.2) is 23.1 Å². The van der Waals surface area contributed by atoms with Gasteiger partial charge in [0.25, 0.3) is 0 Å². The Bertz CT molecular complexity index is 233. The molecule has 2 atom stereocenters. The van der Waals surface area contributed by atoms with Gasteiger partial charge in [-0.25, -0.2) is 0 Å². The fourth-order valence-electron chi connectivity index (χ4n) is 2.06. The molecule has 0 aromatic rings. The van der Waals surface area contributed by atoms with Crippen molar-refractivity contribution in [3.63, 3.8) is 0 Å². The molecule has 13 heavy (non-hydrogen) atoms. The average molecular weight is 183 g/mol. The minimum atomic E-state index is 0.201. The van der Waals surface area contributed by atoms with Gasteiger partial charge in [0.05, 0.1) is 6.21 Å². The summed E-state index contributed by atoms with van der Waals surface area (Å²) < 4.78 is 0. The van der Waals surface area contributed by atoms with Gasteiger partial charge in [-0.15, -0.1) is 0 Å². The van der Waals surface area contributed by atoms with Gasteiger partial charge >= 0.3 is 0 Å². The molecule has 0 aliphatic heterocycles. The summed E-state index contributed by atoms with van der Waals surface area (Å²) in [6, 6.07) is 0. The molecule has 0 bridgehead atoms. The summed E-state index contributed by atoms with van der Waals surface area (Å²) in [4.78, 5) is 0. The highest BCUT2D eigenvalue weighted by Crippen LogP contribution is 2.37. The fourth-order valence-corrected chi connectivity index (χ4v) is 2.06. The molecule has 1 aliphatic carbocycles. The Balaban J connectivity index is 2.85. The van der Waals surface area contributed by atoms with E-state index in [1.807, 2.05) is 6.92 Å². The minimum absolute atomic E-state index is 0.201. The molecule has 0 spiro atoms. The zero-order valence-corrected chi connectivity index (χ0v) is 8.20. The predicted molar refractivity (Wildman–Crippen MR) is 52.0 cm³/mol. The van der Waals surface area contributed by atoms with Gasteiger partial charge < -0.3 is 10.3 Å². The molecule has 0 radical (unpaired) electrons. The number of hydrogen-bond acceptors (Lipinski definition) is 3. The Kier molecular flexibility index (Phi) is 3.48. The smallest absolute Gasteiger partial charge is 0.0690 e. The maximum atomic E-state index is 9.18. The zero-order valence-electron chi connectivity index (χ0n) is 8.20. The molecule has 1 rings (SSSR count). The third-order valence-electron chi connectivity index (χ3n) is 2.96. The van der Waals surface area contributed by atoms with Crippen molar-refractivity contribution in [2.24, 2.45) is 17.0 Å². The van der Waals surface area contributed by atoms with E-state index in [1.54, 1.807) is 0 Å². The summed E-state index contributed by atoms with van der Waals surface area (Å²) >= 11 is 0. The van der Waals surface area contributed by atoms with Gasteiger partial charge in [-0.05, 0) is 31.3 Å². The van der Waals surface area contributed by atoms with Crippen molar-refractivity contribution < 1.29 is 10.3 Å². The maximum Gasteiger partial charge on any atom is 0.0690 e. The average Bonchev–Trinajstić information content (AvgIpc) is 2.47. The summed E-state index contributed by atoms with van der Waals surface area (Å²) in [5.41, 5.74) is 2.23. The molecule has 74 valence electrons. The molecule has 1 aliphatic rings. The quantitative estimate of drug-likeness (QED) is 0.389. The lowest BCUT2D eigenvalue weighted by Crippen LogP contribution is -2.11. The first kappa shape index (κ1) is 10.3. The van der Waals surface area contributed by atoms with Gasteiger partial charge in [0.15, 0.2) is 0 Å². The van der Waals surface area contributed by atoms with E-state index in [-0.39, 0.29) is 12.5 Å². The van der Waals surface area contributed by atoms with E-state index in [4.69, 9.17) is 5.21 Å². The Labute approximate surface area is 78.8 Å². The van der Waals surface area contributed by atoms with E-state index >= 15 is 0 Å². The molecular weight excluding hydrogens is 166 g/mol. The van der Waals surface area contributed by atoms with Gasteiger partial charge in [-0.1, -0.05) is 17.7 Å². The van der Waals surface area contributed by atoms with Crippen molar-refractivity contribution in [2.75, 3.05) is 6.61 Å². The lowest BCUT2D eigenvalue weighted by atomic mass is 9.93. The Morgan fingerprint density at radius 2 is 2.38 bits per heavy atom. The summed E-state index contributed by atoms with van der Waals surface area (Å²) in [5, 5.41) is 20.6. The van der Waals surface area contributed by atoms with E-state index in [0.717, 1.165) is 18.4 Å². The molecule has 3 nitrogen and oxygen atoms in total. The van der Waals surface area contributed by atoms with Gasteiger partial charge in [0.1, 0.15) is 0 Å². The van der Waals surface area contributed by atoms with E-state index in [0.29, 0.717) is 5.92 Å². The lowest BCUT2D eigenvalue weighted by molar-refractivity contribution is 0.221. The highest BCUT2D eigenvalue weighted by molar-refractivity contribution is 5.78. The molecule has 0 aromatic carbocycles. The van der Waals surface area contributed by atoms with Crippen LogP contribution in [0.4, 0.5) is 0 Å². The molecule has 0 aromatic heterocycles. The van der Waals surface area contributed by atoms with Crippen LogP contribution in [0.3, 0.4) is 0 Å². The minimum Gasteiger partial charge on any atom is -0.411 e. The normalized spacial score (nSPS) is 32.8. The first-order valence-corrected chi connectivity index (χ1v) is 4.68. The van der Waals surface area contributed by atoms with Gasteiger partial charge in [-0.3, -0.25) is 0 Å². The van der Waals surface area contributed by atoms with Crippen LogP contribution in [0, 0.1) is 11.8 Å². The van der Waals surface area contributed by atoms with Crippen molar-refractivity contribution in [2.45, 2.75) is 26.7 Å². The molecule has 1 saturated carbocycles. The fraction of sp³-hybridized carbons (Fsp3) is 0.700. The maximum absolute atomic E-state index is 9.18. The highest BCUT2D eigenvalue weighted by atomic mass is 16.4. The topological polar surface area (TPSA) is 52.8 Å². The Hall–Kier alpha value is -0.830. The molecule has 0 saturated heterocycles. The third kappa shape index (κ3) is 2.10. The summed E-state index contributed by atoms with van der Waals surface area (Å²) in [5.74, 6) is 0.806. The number of allylic oxidation sites excluding steroid dienone is 1. The SMILES string of the molecule is CC(/C=N/O)=C1/CC[C@H](C)[C@H]1CO. The molecule has 0 heterocycles. The predicted octanol–water partition coefficient (Wildman–Crippen LogP) is 1.80. The van der Waals surface area contributed by atoms with Gasteiger partial charge in [0.2, 0.25) is 0 Å². The van der Waals surface area contributed by atoms with Crippen molar-refractivity contribution in [3.8, 4) is 0 Å². The Morgan fingerprint density at radius 3 is 2.92 bits per heavy atom. The van der Waals surface area contributed by atoms with Crippen LogP contribution >= 0.6 is 0 Å². The number of hydrogen-bond donors (Lipinski definition) is 2. The van der Waals surface area contributed by atoms with Crippen molar-refractivity contribution in [1.82, 2.24) is 0 Å². The number of nitrogens with zero attached hydrogens (tertiary/aromatic N) is 1. The number of aliphatic hydroxyl groups is 1. The summed E-state index contributed by atoms with van der Waals surface area (Å²) in [6.45, 7) is 4.28. The van der Waals surface area contributed by atoms with Crippen LogP contribution in [0.1, 0.15) is 26.7 Å². The summed E-state index contributed by atoms with van der Waals surface area (Å²) in [7, 11) is 0. The van der Waals surface area contributed by atoms with E-state index in [1.165, 1.54) is 11.8 Å². The van der Waals surface area contributed by atoms with Crippen molar-refractivity contribution in [1.29, 1.82) is 0 Å². The first-order valence-electron chi connectivity index (χ1n) is 4.68. The first-order chi connectivity index (χ1) is 6.20. The second-order valence-corrected chi connectivity index (χ2v) is 3.76. The molecule has 0 amide bonds. The van der Waals surface area contributed by atoms with Crippen molar-refractivity contribution >= 4 is 6.21 Å². The molecule has 2 N–H and O–H groups in total. The second kappa shape index (κ2) is 4.42. The highest BCUT2D eigenvalue weighted by Gasteiger charge is 2.28. The molecule has 3 heteroatoms. The van der Waals surface area contributed by atoms with Gasteiger partial charge in [0, 0.05) is 12.5 Å². The van der Waals surface area contributed by atoms with E-state index in [2.05, 4.69) is 12.1 Å². The van der Waals surface area contributed by atoms with Crippen molar-refractivity contribution in [3.05, 3.63) is 11.1 Å². The van der Waals surface area contributed by atoms with E-state index in [9.17, 15) is 5.11 Å². The van der Waals surface area contributed by atoms with Crippen LogP contribution < -0.4 is 0 Å². The number of oxime groups is 1. The standard InChI is InChI=1S/C10H17NO2/c1-7-3-4-9(10(7)6-12)8(2)5-11-13/h5,7,10,12-13H,3-4,6H2,1-2H3/b9-8+,11-5+/t7-,10+/m0/s1. The third-order valence-corrected chi connectivity index (χ3v) is 2.96. The zero-order chi connectivity index (χ0) is 9.84. The monoisotopic (exact) mass is 183 g/mol. The van der Waals surface area contributed by atoms with Crippen LogP contribution in [0.5, 0.6) is 0 Å². The van der Waals surface area contributed by atoms with Crippen LogP contribution in [0.2, 0.25) is 0 Å². The lowest BCUT2D eigenvalue weighted by Gasteiger charge is -2.14. The number of rotatable bonds is 2. The van der Waals surface area contributed by atoms with E-state index < -0.39 is 0 Å². The van der Waals surface area contributed by atoms with Crippen LogP contribution in [0.25, 0.3) is 0 Å². The van der Waals surface area contributed by atoms with Crippen LogP contribution in [0.15, 0.2) is 16.3 Å². The Morgan fingerprint density at radius 1 is 1.69 bits per heavy atom. The summed E-state index contributed by atoms with van der Waals surface area (Å²) in [6.07, 6.45) is 3.59. The molecule has 0 unspecified atom stereocenters. The second-order valence-electron chi connectivity index (χ2n) is 3.76.